The fourth-order valence-corrected chi connectivity index (χ4v) is 2.28. The Bertz CT molecular complexity index is 573. The van der Waals surface area contributed by atoms with Gasteiger partial charge in [-0.3, -0.25) is 0 Å². The van der Waals surface area contributed by atoms with Crippen molar-refractivity contribution < 1.29 is 4.39 Å². The van der Waals surface area contributed by atoms with Crippen LogP contribution in [0.4, 0.5) is 4.39 Å². The van der Waals surface area contributed by atoms with Crippen molar-refractivity contribution in [2.45, 2.75) is 32.2 Å². The molecule has 0 spiro atoms. The fraction of sp³-hybridized carbons (Fsp3) is 0.400. The summed E-state index contributed by atoms with van der Waals surface area (Å²) in [5.41, 5.74) is 2.58. The Labute approximate surface area is 112 Å². The Hall–Kier alpha value is -1.68. The van der Waals surface area contributed by atoms with Crippen LogP contribution in [0.3, 0.4) is 0 Å². The van der Waals surface area contributed by atoms with Crippen molar-refractivity contribution in [2.24, 2.45) is 0 Å². The second-order valence-electron chi connectivity index (χ2n) is 4.99. The highest BCUT2D eigenvalue weighted by molar-refractivity contribution is 5.42. The van der Waals surface area contributed by atoms with Crippen molar-refractivity contribution in [1.82, 2.24) is 15.1 Å². The van der Waals surface area contributed by atoms with E-state index in [2.05, 4.69) is 10.4 Å². The van der Waals surface area contributed by atoms with E-state index in [1.165, 1.54) is 18.9 Å². The van der Waals surface area contributed by atoms with Gasteiger partial charge in [0.15, 0.2) is 0 Å². The smallest absolute Gasteiger partial charge is 0.149 e. The molecule has 19 heavy (non-hydrogen) atoms. The first-order chi connectivity index (χ1) is 9.29. The minimum Gasteiger partial charge on any atom is -0.313 e. The summed E-state index contributed by atoms with van der Waals surface area (Å²) in [6, 6.07) is 7.18. The molecule has 0 saturated heterocycles. The van der Waals surface area contributed by atoms with Gasteiger partial charge in [0.2, 0.25) is 0 Å². The van der Waals surface area contributed by atoms with Crippen LogP contribution in [-0.4, -0.2) is 16.3 Å². The maximum atomic E-state index is 14.1. The van der Waals surface area contributed by atoms with Gasteiger partial charge in [-0.05, 0) is 37.1 Å². The summed E-state index contributed by atoms with van der Waals surface area (Å²) in [5, 5.41) is 7.76. The van der Waals surface area contributed by atoms with Gasteiger partial charge in [-0.2, -0.15) is 5.10 Å². The van der Waals surface area contributed by atoms with E-state index >= 15 is 0 Å². The molecule has 100 valence electrons. The second-order valence-corrected chi connectivity index (χ2v) is 4.99. The summed E-state index contributed by atoms with van der Waals surface area (Å²) >= 11 is 0. The van der Waals surface area contributed by atoms with Crippen LogP contribution < -0.4 is 5.32 Å². The summed E-state index contributed by atoms with van der Waals surface area (Å²) in [6.07, 6.45) is 4.28. The number of nitrogens with zero attached hydrogens (tertiary/aromatic N) is 2. The Morgan fingerprint density at radius 2 is 2.21 bits per heavy atom. The van der Waals surface area contributed by atoms with Crippen molar-refractivity contribution in [3.05, 3.63) is 47.5 Å². The van der Waals surface area contributed by atoms with E-state index in [0.29, 0.717) is 18.2 Å². The Morgan fingerprint density at radius 1 is 1.37 bits per heavy atom. The zero-order chi connectivity index (χ0) is 13.2. The number of rotatable bonds is 5. The number of benzene rings is 1. The molecule has 0 radical (unpaired) electrons. The van der Waals surface area contributed by atoms with Crippen molar-refractivity contribution in [3.8, 4) is 5.69 Å². The van der Waals surface area contributed by atoms with E-state index in [4.69, 9.17) is 0 Å². The molecule has 1 aromatic carbocycles. The molecule has 1 aliphatic carbocycles. The molecule has 0 unspecified atom stereocenters. The molecule has 3 nitrogen and oxygen atoms in total. The minimum absolute atomic E-state index is 0.221. The first-order valence-corrected chi connectivity index (χ1v) is 6.83. The lowest BCUT2D eigenvalue weighted by atomic mass is 10.1. The molecule has 4 heteroatoms. The van der Waals surface area contributed by atoms with Gasteiger partial charge < -0.3 is 5.32 Å². The predicted octanol–water partition coefficient (Wildman–Crippen LogP) is 3.00. The van der Waals surface area contributed by atoms with E-state index < -0.39 is 0 Å². The van der Waals surface area contributed by atoms with Gasteiger partial charge in [0.25, 0.3) is 0 Å². The minimum atomic E-state index is -0.221. The lowest BCUT2D eigenvalue weighted by Crippen LogP contribution is -2.15. The number of nitrogens with one attached hydrogen (secondary N) is 1. The quantitative estimate of drug-likeness (QED) is 0.894. The normalized spacial score (nSPS) is 14.8. The number of hydrogen-bond donors (Lipinski definition) is 1. The third kappa shape index (κ3) is 2.54. The molecular weight excluding hydrogens is 241 g/mol. The fourth-order valence-electron chi connectivity index (χ4n) is 2.28. The molecule has 0 atom stereocenters. The molecule has 0 bridgehead atoms. The summed E-state index contributed by atoms with van der Waals surface area (Å²) in [6.45, 7) is 3.56. The van der Waals surface area contributed by atoms with Crippen LogP contribution in [0.25, 0.3) is 5.69 Å². The molecule has 1 saturated carbocycles. The van der Waals surface area contributed by atoms with Gasteiger partial charge in [-0.1, -0.05) is 19.1 Å². The van der Waals surface area contributed by atoms with Crippen LogP contribution in [0.15, 0.2) is 30.5 Å². The van der Waals surface area contributed by atoms with Crippen LogP contribution in [0, 0.1) is 5.82 Å². The Morgan fingerprint density at radius 3 is 2.95 bits per heavy atom. The van der Waals surface area contributed by atoms with Gasteiger partial charge in [-0.25, -0.2) is 9.07 Å². The Kier molecular flexibility index (Phi) is 3.34. The second kappa shape index (κ2) is 5.13. The molecule has 0 amide bonds. The van der Waals surface area contributed by atoms with Gasteiger partial charge in [-0.15, -0.1) is 0 Å². The summed E-state index contributed by atoms with van der Waals surface area (Å²) in [5.74, 6) is 0.367. The van der Waals surface area contributed by atoms with Gasteiger partial charge >= 0.3 is 0 Å². The molecule has 3 rings (SSSR count). The van der Waals surface area contributed by atoms with Crippen molar-refractivity contribution in [1.29, 1.82) is 0 Å². The zero-order valence-corrected chi connectivity index (χ0v) is 11.1. The number of aromatic nitrogens is 2. The third-order valence-corrected chi connectivity index (χ3v) is 3.47. The topological polar surface area (TPSA) is 29.9 Å². The highest BCUT2D eigenvalue weighted by Crippen LogP contribution is 2.39. The number of halogens is 1. The third-order valence-electron chi connectivity index (χ3n) is 3.47. The summed E-state index contributed by atoms with van der Waals surface area (Å²) in [7, 11) is 0. The standard InChI is InChI=1S/C15H18FN3/c1-2-17-10-12-4-3-5-13(16)15(12)19-9-8-14(18-19)11-6-7-11/h3-5,8-9,11,17H,2,6-7,10H2,1H3. The van der Waals surface area contributed by atoms with Gasteiger partial charge in [0.05, 0.1) is 5.69 Å². The van der Waals surface area contributed by atoms with E-state index in [1.54, 1.807) is 10.7 Å². The molecule has 2 aromatic rings. The largest absolute Gasteiger partial charge is 0.313 e. The lowest BCUT2D eigenvalue weighted by molar-refractivity contribution is 0.601. The molecule has 0 aliphatic heterocycles. The maximum absolute atomic E-state index is 14.1. The van der Waals surface area contributed by atoms with Crippen molar-refractivity contribution in [2.75, 3.05) is 6.54 Å². The average Bonchev–Trinajstić information content (AvgIpc) is 3.15. The van der Waals surface area contributed by atoms with Crippen LogP contribution >= 0.6 is 0 Å². The zero-order valence-electron chi connectivity index (χ0n) is 11.1. The average molecular weight is 259 g/mol. The van der Waals surface area contributed by atoms with Gasteiger partial charge in [0.1, 0.15) is 11.5 Å². The van der Waals surface area contributed by atoms with Crippen LogP contribution in [0.2, 0.25) is 0 Å². The molecule has 1 aromatic heterocycles. The molecule has 1 fully saturated rings. The van der Waals surface area contributed by atoms with E-state index in [0.717, 1.165) is 17.8 Å². The van der Waals surface area contributed by atoms with Gasteiger partial charge in [0, 0.05) is 18.7 Å². The van der Waals surface area contributed by atoms with Crippen molar-refractivity contribution in [3.63, 3.8) is 0 Å². The maximum Gasteiger partial charge on any atom is 0.149 e. The number of para-hydroxylation sites is 1. The van der Waals surface area contributed by atoms with E-state index in [1.807, 2.05) is 25.3 Å². The molecule has 1 N–H and O–H groups in total. The summed E-state index contributed by atoms with van der Waals surface area (Å²) in [4.78, 5) is 0. The highest BCUT2D eigenvalue weighted by Gasteiger charge is 2.26. The number of hydrogen-bond acceptors (Lipinski definition) is 2. The summed E-state index contributed by atoms with van der Waals surface area (Å²) < 4.78 is 15.8. The van der Waals surface area contributed by atoms with E-state index in [9.17, 15) is 4.39 Å². The molecular formula is C15H18FN3. The van der Waals surface area contributed by atoms with Crippen LogP contribution in [0.1, 0.15) is 36.9 Å². The van der Waals surface area contributed by atoms with Crippen LogP contribution in [-0.2, 0) is 6.54 Å². The predicted molar refractivity (Wildman–Crippen MR) is 72.9 cm³/mol. The SMILES string of the molecule is CCNCc1cccc(F)c1-n1ccc(C2CC2)n1. The molecule has 1 heterocycles. The van der Waals surface area contributed by atoms with Crippen LogP contribution in [0.5, 0.6) is 0 Å². The molecule has 1 aliphatic rings. The first kappa shape index (κ1) is 12.4. The highest BCUT2D eigenvalue weighted by atomic mass is 19.1. The Balaban J connectivity index is 1.96. The van der Waals surface area contributed by atoms with E-state index in [-0.39, 0.29) is 5.82 Å². The first-order valence-electron chi connectivity index (χ1n) is 6.83. The lowest BCUT2D eigenvalue weighted by Gasteiger charge is -2.11. The van der Waals surface area contributed by atoms with Crippen molar-refractivity contribution >= 4 is 0 Å². The monoisotopic (exact) mass is 259 g/mol.